The number of nitrogens with zero attached hydrogens (tertiary/aromatic N) is 4. The van der Waals surface area contributed by atoms with Gasteiger partial charge in [0.1, 0.15) is 0 Å². The fourth-order valence-corrected chi connectivity index (χ4v) is 3.34. The van der Waals surface area contributed by atoms with Gasteiger partial charge in [-0.1, -0.05) is 48.5 Å². The molecule has 0 aliphatic carbocycles. The first kappa shape index (κ1) is 21.6. The predicted molar refractivity (Wildman–Crippen MR) is 123 cm³/mol. The Bertz CT molecular complexity index is 930. The molecule has 30 heavy (non-hydrogen) atoms. The third-order valence-electron chi connectivity index (χ3n) is 4.81. The lowest BCUT2D eigenvalue weighted by molar-refractivity contribution is 0.401. The summed E-state index contributed by atoms with van der Waals surface area (Å²) in [4.78, 5) is 7.01. The van der Waals surface area contributed by atoms with Crippen LogP contribution in [0.15, 0.2) is 72.0 Å². The molecule has 1 aromatic heterocycles. The molecular formula is C24H32N6. The lowest BCUT2D eigenvalue weighted by Crippen LogP contribution is -2.37. The highest BCUT2D eigenvalue weighted by atomic mass is 15.3. The van der Waals surface area contributed by atoms with Crippen LogP contribution in [0.25, 0.3) is 0 Å². The van der Waals surface area contributed by atoms with Crippen LogP contribution in [0.2, 0.25) is 0 Å². The Morgan fingerprint density at radius 2 is 1.63 bits per heavy atom. The number of hydrogen-bond acceptors (Lipinski definition) is 3. The fraction of sp³-hybridized carbons (Fsp3) is 0.333. The maximum atomic E-state index is 4.83. The molecule has 0 spiro atoms. The molecule has 1 heterocycles. The molecule has 0 aliphatic rings. The van der Waals surface area contributed by atoms with Crippen LogP contribution >= 0.6 is 0 Å². The second-order valence-corrected chi connectivity index (χ2v) is 7.53. The highest BCUT2D eigenvalue weighted by molar-refractivity contribution is 5.79. The van der Waals surface area contributed by atoms with E-state index in [2.05, 4.69) is 90.2 Å². The van der Waals surface area contributed by atoms with Gasteiger partial charge in [-0.05, 0) is 49.3 Å². The van der Waals surface area contributed by atoms with Crippen molar-refractivity contribution >= 4 is 5.96 Å². The van der Waals surface area contributed by atoms with Gasteiger partial charge in [0.05, 0.1) is 13.1 Å². The van der Waals surface area contributed by atoms with Crippen molar-refractivity contribution < 1.29 is 0 Å². The molecule has 0 saturated carbocycles. The maximum absolute atomic E-state index is 4.83. The van der Waals surface area contributed by atoms with Gasteiger partial charge in [0, 0.05) is 32.0 Å². The van der Waals surface area contributed by atoms with Crippen LogP contribution in [0.5, 0.6) is 0 Å². The highest BCUT2D eigenvalue weighted by Gasteiger charge is 2.06. The molecule has 0 fully saturated rings. The van der Waals surface area contributed by atoms with Crippen LogP contribution in [0, 0.1) is 0 Å². The molecule has 0 saturated heterocycles. The zero-order valence-corrected chi connectivity index (χ0v) is 18.2. The second kappa shape index (κ2) is 11.2. The highest BCUT2D eigenvalue weighted by Crippen LogP contribution is 2.12. The molecule has 3 rings (SSSR count). The van der Waals surface area contributed by atoms with Crippen molar-refractivity contribution in [2.24, 2.45) is 4.99 Å². The number of hydrogen-bond donors (Lipinski definition) is 2. The summed E-state index contributed by atoms with van der Waals surface area (Å²) in [5.74, 6) is 0.825. The fourth-order valence-electron chi connectivity index (χ4n) is 3.34. The van der Waals surface area contributed by atoms with Crippen molar-refractivity contribution in [3.05, 3.63) is 89.2 Å². The van der Waals surface area contributed by atoms with Crippen LogP contribution in [0.1, 0.15) is 29.2 Å². The van der Waals surface area contributed by atoms with Crippen molar-refractivity contribution in [2.75, 3.05) is 20.6 Å². The number of aromatic nitrogens is 2. The lowest BCUT2D eigenvalue weighted by atomic mass is 10.1. The number of nitrogens with one attached hydrogen (secondary N) is 2. The molecule has 0 unspecified atom stereocenters. The van der Waals surface area contributed by atoms with Crippen LogP contribution in [-0.4, -0.2) is 41.3 Å². The molecule has 3 aromatic rings. The summed E-state index contributed by atoms with van der Waals surface area (Å²) in [5, 5.41) is 11.2. The topological polar surface area (TPSA) is 57.5 Å². The molecule has 6 heteroatoms. The number of rotatable bonds is 9. The Balaban J connectivity index is 1.68. The minimum atomic E-state index is 0.647. The summed E-state index contributed by atoms with van der Waals surface area (Å²) < 4.78 is 1.94. The summed E-state index contributed by atoms with van der Waals surface area (Å²) in [6.07, 6.45) is 3.80. The normalized spacial score (nSPS) is 11.7. The van der Waals surface area contributed by atoms with Gasteiger partial charge in [0.2, 0.25) is 0 Å². The molecule has 0 atom stereocenters. The number of guanidine groups is 1. The largest absolute Gasteiger partial charge is 0.357 e. The Morgan fingerprint density at radius 1 is 0.933 bits per heavy atom. The van der Waals surface area contributed by atoms with Crippen LogP contribution in [0.3, 0.4) is 0 Å². The molecule has 0 amide bonds. The van der Waals surface area contributed by atoms with Gasteiger partial charge in [-0.2, -0.15) is 5.10 Å². The molecule has 158 valence electrons. The van der Waals surface area contributed by atoms with E-state index in [-0.39, 0.29) is 0 Å². The molecular weight excluding hydrogens is 372 g/mol. The zero-order valence-electron chi connectivity index (χ0n) is 18.2. The minimum absolute atomic E-state index is 0.647. The van der Waals surface area contributed by atoms with Crippen LogP contribution in [0.4, 0.5) is 0 Å². The van der Waals surface area contributed by atoms with E-state index in [1.165, 1.54) is 22.3 Å². The van der Waals surface area contributed by atoms with Gasteiger partial charge in [-0.15, -0.1) is 0 Å². The van der Waals surface area contributed by atoms with Gasteiger partial charge in [0.15, 0.2) is 5.96 Å². The first-order valence-electron chi connectivity index (χ1n) is 10.4. The van der Waals surface area contributed by atoms with E-state index in [0.29, 0.717) is 13.1 Å². The van der Waals surface area contributed by atoms with E-state index in [4.69, 9.17) is 4.99 Å². The Morgan fingerprint density at radius 3 is 2.30 bits per heavy atom. The van der Waals surface area contributed by atoms with E-state index < -0.39 is 0 Å². The zero-order chi connectivity index (χ0) is 21.2. The first-order valence-corrected chi connectivity index (χ1v) is 10.4. The Hall–Kier alpha value is -3.12. The average Bonchev–Trinajstić information content (AvgIpc) is 3.25. The van der Waals surface area contributed by atoms with Crippen molar-refractivity contribution in [3.8, 4) is 0 Å². The van der Waals surface area contributed by atoms with E-state index in [9.17, 15) is 0 Å². The van der Waals surface area contributed by atoms with Gasteiger partial charge >= 0.3 is 0 Å². The molecule has 0 radical (unpaired) electrons. The van der Waals surface area contributed by atoms with Gasteiger partial charge in [-0.3, -0.25) is 4.68 Å². The van der Waals surface area contributed by atoms with Crippen LogP contribution < -0.4 is 10.6 Å². The van der Waals surface area contributed by atoms with Crippen LogP contribution in [-0.2, 0) is 26.2 Å². The number of benzene rings is 2. The first-order chi connectivity index (χ1) is 14.7. The van der Waals surface area contributed by atoms with Gasteiger partial charge < -0.3 is 15.5 Å². The molecule has 2 N–H and O–H groups in total. The maximum Gasteiger partial charge on any atom is 0.191 e. The molecule has 0 aliphatic heterocycles. The molecule has 6 nitrogen and oxygen atoms in total. The average molecular weight is 405 g/mol. The standard InChI is InChI=1S/C24H32N6/c1-4-25-24(26-16-20-10-5-7-12-22(20)18-29(2)3)27-17-21-11-6-8-13-23(21)19-30-15-9-14-28-30/h5-15H,4,16-19H2,1-3H3,(H2,25,26,27). The summed E-state index contributed by atoms with van der Waals surface area (Å²) in [7, 11) is 4.18. The Kier molecular flexibility index (Phi) is 8.03. The second-order valence-electron chi connectivity index (χ2n) is 7.53. The lowest BCUT2D eigenvalue weighted by Gasteiger charge is -2.16. The quantitative estimate of drug-likeness (QED) is 0.425. The monoisotopic (exact) mass is 404 g/mol. The van der Waals surface area contributed by atoms with Gasteiger partial charge in [-0.25, -0.2) is 4.99 Å². The van der Waals surface area contributed by atoms with E-state index in [0.717, 1.165) is 25.6 Å². The Labute approximate surface area is 179 Å². The van der Waals surface area contributed by atoms with Crippen molar-refractivity contribution in [3.63, 3.8) is 0 Å². The third kappa shape index (κ3) is 6.46. The van der Waals surface area contributed by atoms with E-state index >= 15 is 0 Å². The minimum Gasteiger partial charge on any atom is -0.357 e. The summed E-state index contributed by atoms with van der Waals surface area (Å²) >= 11 is 0. The van der Waals surface area contributed by atoms with E-state index in [1.807, 2.05) is 23.1 Å². The van der Waals surface area contributed by atoms with E-state index in [1.54, 1.807) is 0 Å². The predicted octanol–water partition coefficient (Wildman–Crippen LogP) is 3.25. The summed E-state index contributed by atoms with van der Waals surface area (Å²) in [6, 6.07) is 18.9. The smallest absolute Gasteiger partial charge is 0.191 e. The molecule has 0 bridgehead atoms. The van der Waals surface area contributed by atoms with Crippen molar-refractivity contribution in [1.29, 1.82) is 0 Å². The van der Waals surface area contributed by atoms with Crippen molar-refractivity contribution in [1.82, 2.24) is 25.3 Å². The van der Waals surface area contributed by atoms with Gasteiger partial charge in [0.25, 0.3) is 0 Å². The summed E-state index contributed by atoms with van der Waals surface area (Å²) in [6.45, 7) is 5.94. The molecule has 2 aromatic carbocycles. The van der Waals surface area contributed by atoms with Crippen molar-refractivity contribution in [2.45, 2.75) is 33.1 Å². The summed E-state index contributed by atoms with van der Waals surface area (Å²) in [5.41, 5.74) is 5.06. The SMILES string of the molecule is CCNC(=NCc1ccccc1CN(C)C)NCc1ccccc1Cn1cccn1. The number of aliphatic imine (C=N–C) groups is 1. The third-order valence-corrected chi connectivity index (χ3v) is 4.81.